The zero-order valence-corrected chi connectivity index (χ0v) is 49.6. The number of hydrogen-bond acceptors (Lipinski definition) is 15. The first-order valence-electron chi connectivity index (χ1n) is 25.4. The number of carbonyl (C=O) groups excluding carboxylic acids is 3. The maximum Gasteiger partial charge on any atom is 0.335 e. The van der Waals surface area contributed by atoms with Gasteiger partial charge in [-0.3, -0.25) is 14.4 Å². The maximum atomic E-state index is 10.9. The third-order valence-electron chi connectivity index (χ3n) is 10.7. The van der Waals surface area contributed by atoms with E-state index in [1.807, 2.05) is 48.5 Å². The number of carboxylic acid groups (broad SMARTS) is 6. The van der Waals surface area contributed by atoms with E-state index >= 15 is 0 Å². The van der Waals surface area contributed by atoms with Gasteiger partial charge in [0.25, 0.3) is 0 Å². The van der Waals surface area contributed by atoms with Gasteiger partial charge in [-0.2, -0.15) is 12.6 Å². The summed E-state index contributed by atoms with van der Waals surface area (Å²) in [5, 5.41) is 68.5. The number of aromatic carboxylic acids is 6. The van der Waals surface area contributed by atoms with Crippen LogP contribution >= 0.6 is 37.9 Å². The molecule has 87 heavy (non-hydrogen) atoms. The SMILES string of the molecule is CC(=O)Nc1ccc(C(=O)O)cc1.CC(=O)Nc1cccc(C(=O)O)c1.COC(=O)Cc1ccc(CO)cc1.O=C(O)c1ccc(NCc2ccccc2)cc1.O=C(O)c1ccc(S)cc1.O=C(O)c1cccc(CS)c1.O=C(O)c1cccc(S)c1. The van der Waals surface area contributed by atoms with Crippen LogP contribution in [0, 0.1) is 0 Å². The first-order valence-corrected chi connectivity index (χ1v) is 26.9. The van der Waals surface area contributed by atoms with Crippen molar-refractivity contribution in [3.8, 4) is 0 Å². The van der Waals surface area contributed by atoms with E-state index in [4.69, 9.17) is 35.7 Å². The van der Waals surface area contributed by atoms with Crippen LogP contribution in [0.25, 0.3) is 0 Å². The summed E-state index contributed by atoms with van der Waals surface area (Å²) in [6.07, 6.45) is 0.280. The highest BCUT2D eigenvalue weighted by Gasteiger charge is 2.07. The Labute approximate surface area is 517 Å². The summed E-state index contributed by atoms with van der Waals surface area (Å²) in [4.78, 5) is 96.2. The molecule has 0 aliphatic carbocycles. The van der Waals surface area contributed by atoms with Crippen LogP contribution in [0.2, 0.25) is 0 Å². The lowest BCUT2D eigenvalue weighted by Gasteiger charge is -2.06. The van der Waals surface area contributed by atoms with Gasteiger partial charge in [0.05, 0.1) is 53.5 Å². The number of esters is 1. The van der Waals surface area contributed by atoms with Crippen molar-refractivity contribution in [1.82, 2.24) is 0 Å². The minimum absolute atomic E-state index is 0.0263. The molecule has 454 valence electrons. The molecule has 0 saturated carbocycles. The van der Waals surface area contributed by atoms with Crippen molar-refractivity contribution < 1.29 is 83.6 Å². The molecule has 23 heteroatoms. The van der Waals surface area contributed by atoms with Crippen LogP contribution in [-0.4, -0.2) is 96.5 Å². The van der Waals surface area contributed by atoms with Crippen LogP contribution in [-0.2, 0) is 44.4 Å². The molecule has 0 saturated heterocycles. The third kappa shape index (κ3) is 31.3. The molecule has 0 bridgehead atoms. The normalized spacial score (nSPS) is 9.51. The lowest BCUT2D eigenvalue weighted by molar-refractivity contribution is -0.139. The van der Waals surface area contributed by atoms with Gasteiger partial charge in [-0.1, -0.05) is 78.9 Å². The predicted molar refractivity (Wildman–Crippen MR) is 338 cm³/mol. The van der Waals surface area contributed by atoms with Crippen LogP contribution in [0.3, 0.4) is 0 Å². The lowest BCUT2D eigenvalue weighted by Crippen LogP contribution is -2.06. The number of carboxylic acids is 6. The van der Waals surface area contributed by atoms with Crippen LogP contribution in [0.1, 0.15) is 98.2 Å². The Hall–Kier alpha value is -10.2. The van der Waals surface area contributed by atoms with Crippen molar-refractivity contribution in [2.24, 2.45) is 0 Å². The molecule has 0 aliphatic heterocycles. The highest BCUT2D eigenvalue weighted by Crippen LogP contribution is 2.14. The number of hydrogen-bond donors (Lipinski definition) is 13. The van der Waals surface area contributed by atoms with Crippen LogP contribution in [0.15, 0.2) is 210 Å². The standard InChI is InChI=1S/C14H13NO2.C10H12O3.2C9H9NO3.C8H8O2S.2C7H6O2S/c16-14(17)12-6-8-13(9-7-12)15-10-11-4-2-1-3-5-11;1-13-10(12)6-8-2-4-9(7-11)5-3-8;1-6(11)10-8-4-2-7(3-5-8)9(12)13;1-6(11)10-8-4-2-3-7(5-8)9(12)13;9-8(10)7-3-1-2-6(4-7)5-11;8-7(9)5-1-3-6(10)4-2-5;8-7(9)5-2-1-3-6(10)4-5/h1-9,15H,10H2,(H,16,17);2-5,11H,6-7H2,1H3;2*2-5H,1H3,(H,10,11)(H,12,13);1-4,11H,5H2,(H,9,10);2*1-4,10H,(H,8,9). The number of amides is 2. The second-order valence-corrected chi connectivity index (χ2v) is 18.8. The average Bonchev–Trinajstić information content (AvgIpc) is 3.58. The number of aliphatic hydroxyl groups excluding tert-OH is 1. The van der Waals surface area contributed by atoms with Gasteiger partial charge in [0, 0.05) is 53.0 Å². The summed E-state index contributed by atoms with van der Waals surface area (Å²) in [5.41, 5.74) is 7.39. The number of anilines is 3. The molecule has 8 aromatic rings. The minimum atomic E-state index is -1.01. The van der Waals surface area contributed by atoms with E-state index in [2.05, 4.69) is 58.6 Å². The van der Waals surface area contributed by atoms with Crippen LogP contribution in [0.4, 0.5) is 17.1 Å². The van der Waals surface area contributed by atoms with Crippen molar-refractivity contribution in [2.75, 3.05) is 23.1 Å². The van der Waals surface area contributed by atoms with E-state index in [0.717, 1.165) is 33.8 Å². The molecule has 0 atom stereocenters. The summed E-state index contributed by atoms with van der Waals surface area (Å²) in [5.74, 6) is -5.69. The quantitative estimate of drug-likeness (QED) is 0.0335. The molecule has 8 aromatic carbocycles. The summed E-state index contributed by atoms with van der Waals surface area (Å²) < 4.78 is 4.52. The highest BCUT2D eigenvalue weighted by atomic mass is 32.1. The van der Waals surface area contributed by atoms with Gasteiger partial charge in [0.2, 0.25) is 11.8 Å². The summed E-state index contributed by atoms with van der Waals surface area (Å²) in [6.45, 7) is 3.52. The molecule has 2 amide bonds. The minimum Gasteiger partial charge on any atom is -0.478 e. The molecule has 10 N–H and O–H groups in total. The second-order valence-electron chi connectivity index (χ2n) is 17.5. The Balaban J connectivity index is 0.000000349. The van der Waals surface area contributed by atoms with Gasteiger partial charge in [-0.05, 0) is 144 Å². The van der Waals surface area contributed by atoms with Crippen LogP contribution in [0.5, 0.6) is 0 Å². The number of carbonyl (C=O) groups is 9. The summed E-state index contributed by atoms with van der Waals surface area (Å²) >= 11 is 12.0. The number of methoxy groups -OCH3 is 1. The van der Waals surface area contributed by atoms with E-state index in [1.54, 1.807) is 103 Å². The van der Waals surface area contributed by atoms with Gasteiger partial charge in [0.1, 0.15) is 0 Å². The molecular formula is C64H63N3O17S3. The van der Waals surface area contributed by atoms with Gasteiger partial charge >= 0.3 is 41.8 Å². The van der Waals surface area contributed by atoms with E-state index in [1.165, 1.54) is 75.1 Å². The molecule has 0 unspecified atom stereocenters. The number of ether oxygens (including phenoxy) is 1. The highest BCUT2D eigenvalue weighted by molar-refractivity contribution is 7.80. The molecule has 20 nitrogen and oxygen atoms in total. The molecule has 8 rings (SSSR count). The number of rotatable bonds is 15. The van der Waals surface area contributed by atoms with Gasteiger partial charge in [0.15, 0.2) is 0 Å². The fraction of sp³-hybridized carbons (Fsp3) is 0.109. The lowest BCUT2D eigenvalue weighted by atomic mass is 10.1. The van der Waals surface area contributed by atoms with Crippen LogP contribution < -0.4 is 16.0 Å². The Bertz CT molecular complexity index is 3520. The Morgan fingerprint density at radius 1 is 0.391 bits per heavy atom. The van der Waals surface area contributed by atoms with Crippen molar-refractivity contribution in [2.45, 2.75) is 49.0 Å². The molecule has 0 aliphatic rings. The van der Waals surface area contributed by atoms with Crippen molar-refractivity contribution >= 4 is 109 Å². The maximum absolute atomic E-state index is 10.9. The van der Waals surface area contributed by atoms with E-state index in [9.17, 15) is 43.2 Å². The molecule has 0 heterocycles. The number of benzene rings is 8. The van der Waals surface area contributed by atoms with Gasteiger partial charge in [-0.25, -0.2) is 28.8 Å². The molecule has 0 radical (unpaired) electrons. The smallest absolute Gasteiger partial charge is 0.335 e. The van der Waals surface area contributed by atoms with Gasteiger partial charge in [-0.15, -0.1) is 25.3 Å². The fourth-order valence-electron chi connectivity index (χ4n) is 6.41. The van der Waals surface area contributed by atoms with Crippen molar-refractivity contribution in [3.05, 3.63) is 256 Å². The average molecular weight is 1240 g/mol. The number of aliphatic hydroxyl groups is 1. The zero-order chi connectivity index (χ0) is 64.8. The van der Waals surface area contributed by atoms with Gasteiger partial charge < -0.3 is 56.4 Å². The fourth-order valence-corrected chi connectivity index (χ4v) is 6.98. The largest absolute Gasteiger partial charge is 0.478 e. The Morgan fingerprint density at radius 3 is 1.22 bits per heavy atom. The third-order valence-corrected chi connectivity index (χ3v) is 11.6. The van der Waals surface area contributed by atoms with E-state index in [-0.39, 0.29) is 53.1 Å². The number of nitrogens with one attached hydrogen (secondary N) is 3. The zero-order valence-electron chi connectivity index (χ0n) is 46.9. The number of thiol groups is 3. The monoisotopic (exact) mass is 1240 g/mol. The van der Waals surface area contributed by atoms with E-state index < -0.39 is 35.8 Å². The Morgan fingerprint density at radius 2 is 0.793 bits per heavy atom. The van der Waals surface area contributed by atoms with Crippen molar-refractivity contribution in [3.63, 3.8) is 0 Å². The van der Waals surface area contributed by atoms with E-state index in [0.29, 0.717) is 33.2 Å². The predicted octanol–water partition coefficient (Wildman–Crippen LogP) is 11.7. The summed E-state index contributed by atoms with van der Waals surface area (Å²) in [7, 11) is 1.37. The van der Waals surface area contributed by atoms with Crippen molar-refractivity contribution in [1.29, 1.82) is 0 Å². The summed E-state index contributed by atoms with van der Waals surface area (Å²) in [6, 6.07) is 55.5. The molecule has 0 aromatic heterocycles. The molecule has 0 spiro atoms. The second kappa shape index (κ2) is 40.1. The molecule has 0 fully saturated rings. The molecular weight excluding hydrogens is 1180 g/mol. The topological polar surface area (TPSA) is 341 Å². The first kappa shape index (κ1) is 72.9. The Kier molecular flexibility index (Phi) is 33.6. The first-order chi connectivity index (χ1) is 41.3.